The fourth-order valence-corrected chi connectivity index (χ4v) is 4.68. The molecule has 0 aliphatic carbocycles. The summed E-state index contributed by atoms with van der Waals surface area (Å²) >= 11 is 0. The van der Waals surface area contributed by atoms with Gasteiger partial charge >= 0.3 is 19.5 Å². The minimum Gasteiger partial charge on any atom is -0.550 e. The standard InChI is InChI=1S/2C18H34O2.H2O.Zn/c2*1-2-3-4-5-6-7-8-9-10-11-12-13-14-15-16-17-18(19)20;;/h2*9-10H,2-8,11-17H2,1H3,(H,19,20);1H2;/q;;;+2/p-2/b2*10-9-;;. The van der Waals surface area contributed by atoms with E-state index in [1.807, 2.05) is 0 Å². The molecule has 0 spiro atoms. The molecular weight excluding hydrogens is 578 g/mol. The molecule has 0 aromatic carbocycles. The van der Waals surface area contributed by atoms with Gasteiger partial charge in [0.15, 0.2) is 0 Å². The second-order valence-corrected chi connectivity index (χ2v) is 11.4. The predicted octanol–water partition coefficient (Wildman–Crippen LogP) is 8.72. The molecule has 0 saturated heterocycles. The molecule has 0 heterocycles. The third kappa shape index (κ3) is 51.7. The maximum absolute atomic E-state index is 10.2. The molecule has 0 aliphatic rings. The van der Waals surface area contributed by atoms with Crippen molar-refractivity contribution >= 4 is 11.9 Å². The Labute approximate surface area is 273 Å². The molecule has 0 atom stereocenters. The van der Waals surface area contributed by atoms with Gasteiger partial charge in [0, 0.05) is 11.9 Å². The molecule has 0 aromatic heterocycles. The Kier molecular flexibility index (Phi) is 50.7. The van der Waals surface area contributed by atoms with E-state index in [0.717, 1.165) is 38.5 Å². The smallest absolute Gasteiger partial charge is 0.550 e. The summed E-state index contributed by atoms with van der Waals surface area (Å²) in [5.74, 6) is -1.83. The summed E-state index contributed by atoms with van der Waals surface area (Å²) < 4.78 is 0. The Morgan fingerprint density at radius 3 is 0.857 bits per heavy atom. The molecule has 0 unspecified atom stereocenters. The number of rotatable bonds is 30. The molecule has 2 N–H and O–H groups in total. The number of hydrogen-bond acceptors (Lipinski definition) is 4. The van der Waals surface area contributed by atoms with Gasteiger partial charge in [-0.15, -0.1) is 0 Å². The first-order valence-electron chi connectivity index (χ1n) is 17.2. The van der Waals surface area contributed by atoms with Crippen LogP contribution in [0.3, 0.4) is 0 Å². The van der Waals surface area contributed by atoms with E-state index in [1.165, 1.54) is 128 Å². The number of carboxylic acid groups (broad SMARTS) is 2. The van der Waals surface area contributed by atoms with Crippen LogP contribution in [0.5, 0.6) is 0 Å². The average molecular weight is 646 g/mol. The molecule has 42 heavy (non-hydrogen) atoms. The number of unbranched alkanes of at least 4 members (excludes halogenated alkanes) is 22. The molecule has 244 valence electrons. The minimum absolute atomic E-state index is 0. The fraction of sp³-hybridized carbons (Fsp3) is 0.833. The number of carbonyl (C=O) groups excluding carboxylic acids is 2. The second-order valence-electron chi connectivity index (χ2n) is 11.4. The molecule has 0 fully saturated rings. The maximum atomic E-state index is 10.2. The van der Waals surface area contributed by atoms with Crippen molar-refractivity contribution < 1.29 is 44.8 Å². The summed E-state index contributed by atoms with van der Waals surface area (Å²) in [4.78, 5) is 20.4. The van der Waals surface area contributed by atoms with Crippen LogP contribution >= 0.6 is 0 Å². The Balaban J connectivity index is -0.000000328. The fourth-order valence-electron chi connectivity index (χ4n) is 4.68. The SMILES string of the molecule is CCCCCCCC/C=C\CCCCCCCC(=O)[O-].CCCCCCCC/C=C\CCCCCCCC(=O)[O-].O.[Zn+2]. The van der Waals surface area contributed by atoms with E-state index in [0.29, 0.717) is 0 Å². The monoisotopic (exact) mass is 644 g/mol. The zero-order chi connectivity index (χ0) is 29.8. The summed E-state index contributed by atoms with van der Waals surface area (Å²) in [7, 11) is 0. The summed E-state index contributed by atoms with van der Waals surface area (Å²) in [5.41, 5.74) is 0. The number of carboxylic acids is 2. The molecule has 6 heteroatoms. The van der Waals surface area contributed by atoms with Crippen molar-refractivity contribution in [2.24, 2.45) is 0 Å². The summed E-state index contributed by atoms with van der Waals surface area (Å²) in [6, 6.07) is 0. The molecule has 0 aromatic rings. The zero-order valence-corrected chi connectivity index (χ0v) is 30.9. The van der Waals surface area contributed by atoms with Gasteiger partial charge in [0.05, 0.1) is 0 Å². The predicted molar refractivity (Wildman–Crippen MR) is 173 cm³/mol. The topological polar surface area (TPSA) is 112 Å². The zero-order valence-electron chi connectivity index (χ0n) is 27.9. The molecule has 5 nitrogen and oxygen atoms in total. The van der Waals surface area contributed by atoms with Crippen LogP contribution in [-0.2, 0) is 29.1 Å². The van der Waals surface area contributed by atoms with Crippen LogP contribution in [0.15, 0.2) is 24.3 Å². The molecule has 0 amide bonds. The quantitative estimate of drug-likeness (QED) is 0.0442. The van der Waals surface area contributed by atoms with Crippen LogP contribution in [0.25, 0.3) is 0 Å². The summed E-state index contributed by atoms with van der Waals surface area (Å²) in [6.45, 7) is 4.51. The van der Waals surface area contributed by atoms with Gasteiger partial charge in [-0.25, -0.2) is 0 Å². The van der Waals surface area contributed by atoms with E-state index in [1.54, 1.807) is 0 Å². The third-order valence-electron chi connectivity index (χ3n) is 7.29. The van der Waals surface area contributed by atoms with E-state index >= 15 is 0 Å². The Morgan fingerprint density at radius 1 is 0.405 bits per heavy atom. The Morgan fingerprint density at radius 2 is 0.619 bits per heavy atom. The Bertz CT molecular complexity index is 527. The average Bonchev–Trinajstić information content (AvgIpc) is 2.93. The first-order chi connectivity index (χ1) is 19.5. The van der Waals surface area contributed by atoms with E-state index in [-0.39, 0.29) is 37.8 Å². The van der Waals surface area contributed by atoms with Crippen LogP contribution in [0.1, 0.15) is 194 Å². The van der Waals surface area contributed by atoms with Crippen LogP contribution in [0.4, 0.5) is 0 Å². The van der Waals surface area contributed by atoms with Crippen molar-refractivity contribution in [3.8, 4) is 0 Å². The van der Waals surface area contributed by atoms with Gasteiger partial charge in [-0.2, -0.15) is 0 Å². The van der Waals surface area contributed by atoms with Crippen LogP contribution in [-0.4, -0.2) is 17.4 Å². The largest absolute Gasteiger partial charge is 2.00 e. The van der Waals surface area contributed by atoms with Crippen molar-refractivity contribution in [2.75, 3.05) is 0 Å². The van der Waals surface area contributed by atoms with Crippen molar-refractivity contribution in [3.05, 3.63) is 24.3 Å². The molecule has 0 rings (SSSR count). The van der Waals surface area contributed by atoms with Gasteiger partial charge in [0.25, 0.3) is 0 Å². The number of allylic oxidation sites excluding steroid dienone is 4. The maximum Gasteiger partial charge on any atom is 2.00 e. The van der Waals surface area contributed by atoms with Crippen LogP contribution < -0.4 is 10.2 Å². The van der Waals surface area contributed by atoms with Crippen LogP contribution in [0, 0.1) is 0 Å². The van der Waals surface area contributed by atoms with E-state index in [4.69, 9.17) is 0 Å². The van der Waals surface area contributed by atoms with Gasteiger partial charge in [-0.05, 0) is 77.0 Å². The third-order valence-corrected chi connectivity index (χ3v) is 7.29. The molecule has 0 aliphatic heterocycles. The van der Waals surface area contributed by atoms with Crippen molar-refractivity contribution in [1.82, 2.24) is 0 Å². The van der Waals surface area contributed by atoms with Gasteiger partial charge in [-0.3, -0.25) is 0 Å². The molecule has 0 bridgehead atoms. The van der Waals surface area contributed by atoms with E-state index in [9.17, 15) is 19.8 Å². The van der Waals surface area contributed by atoms with Gasteiger partial charge in [0.1, 0.15) is 0 Å². The van der Waals surface area contributed by atoms with Crippen molar-refractivity contribution in [1.29, 1.82) is 0 Å². The number of aliphatic carboxylic acids is 2. The van der Waals surface area contributed by atoms with Crippen LogP contribution in [0.2, 0.25) is 0 Å². The van der Waals surface area contributed by atoms with Gasteiger partial charge in [-0.1, -0.05) is 141 Å². The number of carbonyl (C=O) groups is 2. The first-order valence-corrected chi connectivity index (χ1v) is 17.2. The number of hydrogen-bond donors (Lipinski definition) is 0. The van der Waals surface area contributed by atoms with Crippen molar-refractivity contribution in [2.45, 2.75) is 194 Å². The Hall–Kier alpha value is -0.997. The minimum atomic E-state index is -0.914. The molecule has 0 radical (unpaired) electrons. The summed E-state index contributed by atoms with van der Waals surface area (Å²) in [5, 5.41) is 20.4. The van der Waals surface area contributed by atoms with E-state index in [2.05, 4.69) is 38.2 Å². The second kappa shape index (κ2) is 44.4. The van der Waals surface area contributed by atoms with Crippen molar-refractivity contribution in [3.63, 3.8) is 0 Å². The molecular formula is C36H68O5Zn. The van der Waals surface area contributed by atoms with Gasteiger partial charge < -0.3 is 25.3 Å². The molecule has 0 saturated carbocycles. The van der Waals surface area contributed by atoms with Gasteiger partial charge in [0.2, 0.25) is 0 Å². The summed E-state index contributed by atoms with van der Waals surface area (Å²) in [6.07, 6.45) is 41.8. The first kappa shape index (κ1) is 47.9. The van der Waals surface area contributed by atoms with E-state index < -0.39 is 11.9 Å². The normalized spacial score (nSPS) is 10.7.